The highest BCUT2D eigenvalue weighted by atomic mass is 31.0. The Bertz CT molecular complexity index is 110. The van der Waals surface area contributed by atoms with Crippen LogP contribution in [0.5, 0.6) is 0 Å². The van der Waals surface area contributed by atoms with E-state index in [2.05, 4.69) is 32.3 Å². The Kier molecular flexibility index (Phi) is 3.79. The van der Waals surface area contributed by atoms with Crippen LogP contribution in [-0.2, 0) is 0 Å². The molecule has 1 aliphatic carbocycles. The molecule has 0 radical (unpaired) electrons. The molecule has 11 heavy (non-hydrogen) atoms. The van der Waals surface area contributed by atoms with Gasteiger partial charge in [0, 0.05) is 0 Å². The van der Waals surface area contributed by atoms with Crippen LogP contribution in [0.3, 0.4) is 0 Å². The van der Waals surface area contributed by atoms with Gasteiger partial charge >= 0.3 is 0 Å². The van der Waals surface area contributed by atoms with E-state index in [0.717, 1.165) is 23.2 Å². The van der Waals surface area contributed by atoms with E-state index in [9.17, 15) is 0 Å². The van der Waals surface area contributed by atoms with Gasteiger partial charge in [0.2, 0.25) is 0 Å². The van der Waals surface area contributed by atoms with E-state index in [0.29, 0.717) is 0 Å². The zero-order chi connectivity index (χ0) is 8.43. The predicted molar refractivity (Wildman–Crippen MR) is 59.2 cm³/mol. The zero-order valence-electron chi connectivity index (χ0n) is 7.59. The maximum Gasteiger partial charge on any atom is -0.0198 e. The van der Waals surface area contributed by atoms with Gasteiger partial charge in [-0.05, 0) is 42.4 Å². The Labute approximate surface area is 75.3 Å². The zero-order valence-corrected chi connectivity index (χ0v) is 9.89. The van der Waals surface area contributed by atoms with Gasteiger partial charge in [0.05, 0.1) is 0 Å². The van der Waals surface area contributed by atoms with Gasteiger partial charge in [0.1, 0.15) is 0 Å². The minimum Gasteiger partial charge on any atom is -0.134 e. The molecule has 0 aromatic carbocycles. The quantitative estimate of drug-likeness (QED) is 0.587. The summed E-state index contributed by atoms with van der Waals surface area (Å²) in [4.78, 5) is 0. The highest BCUT2D eigenvalue weighted by Gasteiger charge is 2.28. The Morgan fingerprint density at radius 1 is 1.18 bits per heavy atom. The second-order valence-corrected chi connectivity index (χ2v) is 6.01. The molecular weight excluding hydrogens is 170 g/mol. The summed E-state index contributed by atoms with van der Waals surface area (Å²) in [5.74, 6) is 1.88. The van der Waals surface area contributed by atoms with Crippen LogP contribution in [0.4, 0.5) is 0 Å². The molecule has 0 aliphatic heterocycles. The van der Waals surface area contributed by atoms with Crippen LogP contribution >= 0.6 is 18.5 Å². The minimum absolute atomic E-state index is 0.865. The van der Waals surface area contributed by atoms with Gasteiger partial charge < -0.3 is 0 Å². The Morgan fingerprint density at radius 2 is 1.64 bits per heavy atom. The summed E-state index contributed by atoms with van der Waals surface area (Å²) < 4.78 is 0. The molecule has 2 heteroatoms. The van der Waals surface area contributed by atoms with E-state index in [1.165, 1.54) is 19.3 Å². The first-order valence-electron chi connectivity index (χ1n) is 4.60. The third-order valence-corrected chi connectivity index (χ3v) is 4.54. The lowest BCUT2D eigenvalue weighted by atomic mass is 9.96. The largest absolute Gasteiger partial charge is 0.134 e. The minimum atomic E-state index is 0.865. The summed E-state index contributed by atoms with van der Waals surface area (Å²) in [5, 5.41) is 0. The second kappa shape index (κ2) is 4.20. The molecule has 0 nitrogen and oxygen atoms in total. The predicted octanol–water partition coefficient (Wildman–Crippen LogP) is 2.93. The lowest BCUT2D eigenvalue weighted by molar-refractivity contribution is 0.421. The van der Waals surface area contributed by atoms with Crippen molar-refractivity contribution in [1.82, 2.24) is 0 Å². The number of hydrogen-bond acceptors (Lipinski definition) is 0. The molecule has 0 aromatic rings. The van der Waals surface area contributed by atoms with Gasteiger partial charge in [-0.25, -0.2) is 0 Å². The van der Waals surface area contributed by atoms with Gasteiger partial charge in [-0.15, -0.1) is 18.5 Å². The highest BCUT2D eigenvalue weighted by molar-refractivity contribution is 7.23. The molecular formula is C9H20P2. The number of rotatable bonds is 2. The molecule has 0 N–H and O–H groups in total. The summed E-state index contributed by atoms with van der Waals surface area (Å²) in [6.07, 6.45) is 4.28. The lowest BCUT2D eigenvalue weighted by Gasteiger charge is -2.11. The van der Waals surface area contributed by atoms with E-state index in [-0.39, 0.29) is 0 Å². The first kappa shape index (κ1) is 9.94. The van der Waals surface area contributed by atoms with Gasteiger partial charge in [-0.2, -0.15) is 0 Å². The van der Waals surface area contributed by atoms with E-state index in [4.69, 9.17) is 0 Å². The molecule has 0 spiro atoms. The average molecular weight is 190 g/mol. The molecule has 0 heterocycles. The van der Waals surface area contributed by atoms with Crippen LogP contribution in [0.25, 0.3) is 0 Å². The van der Waals surface area contributed by atoms with E-state index in [1.54, 1.807) is 0 Å². The normalized spacial score (nSPS) is 38.5. The fourth-order valence-electron chi connectivity index (χ4n) is 2.07. The van der Waals surface area contributed by atoms with Crippen molar-refractivity contribution in [2.75, 3.05) is 0 Å². The fraction of sp³-hybridized carbons (Fsp3) is 1.00. The van der Waals surface area contributed by atoms with Crippen molar-refractivity contribution in [2.24, 2.45) is 11.8 Å². The van der Waals surface area contributed by atoms with Crippen molar-refractivity contribution in [1.29, 1.82) is 0 Å². The fourth-order valence-corrected chi connectivity index (χ4v) is 3.16. The second-order valence-electron chi connectivity index (χ2n) is 4.29. The van der Waals surface area contributed by atoms with Gasteiger partial charge in [-0.3, -0.25) is 0 Å². The summed E-state index contributed by atoms with van der Waals surface area (Å²) >= 11 is 0. The maximum atomic E-state index is 2.98. The summed E-state index contributed by atoms with van der Waals surface area (Å²) in [6.45, 7) is 4.65. The highest BCUT2D eigenvalue weighted by Crippen LogP contribution is 2.38. The standard InChI is InChI=1S/C9H20P2/c1-6(2)3-7-4-8(10)9(11)5-7/h6-9H,3-5,10-11H2,1-2H3. The molecule has 0 saturated heterocycles. The third kappa shape index (κ3) is 3.00. The topological polar surface area (TPSA) is 0 Å². The molecule has 66 valence electrons. The summed E-state index contributed by atoms with van der Waals surface area (Å²) in [7, 11) is 5.95. The molecule has 0 bridgehead atoms. The van der Waals surface area contributed by atoms with Crippen molar-refractivity contribution in [3.63, 3.8) is 0 Å². The van der Waals surface area contributed by atoms with E-state index < -0.39 is 0 Å². The third-order valence-electron chi connectivity index (χ3n) is 2.57. The van der Waals surface area contributed by atoms with Crippen LogP contribution in [0.2, 0.25) is 0 Å². The van der Waals surface area contributed by atoms with E-state index >= 15 is 0 Å². The van der Waals surface area contributed by atoms with Crippen LogP contribution < -0.4 is 0 Å². The van der Waals surface area contributed by atoms with Crippen LogP contribution in [-0.4, -0.2) is 11.3 Å². The van der Waals surface area contributed by atoms with Crippen molar-refractivity contribution in [3.05, 3.63) is 0 Å². The maximum absolute atomic E-state index is 2.98. The Hall–Kier alpha value is 0.860. The van der Waals surface area contributed by atoms with Crippen molar-refractivity contribution < 1.29 is 0 Å². The van der Waals surface area contributed by atoms with Crippen molar-refractivity contribution >= 4 is 18.5 Å². The summed E-state index contributed by atoms with van der Waals surface area (Å²) in [5.41, 5.74) is 1.73. The lowest BCUT2D eigenvalue weighted by Crippen LogP contribution is -2.01. The van der Waals surface area contributed by atoms with Crippen LogP contribution in [0.15, 0.2) is 0 Å². The van der Waals surface area contributed by atoms with E-state index in [1.807, 2.05) is 0 Å². The molecule has 1 aliphatic rings. The first-order chi connectivity index (χ1) is 5.09. The average Bonchev–Trinajstić information content (AvgIpc) is 2.10. The molecule has 4 atom stereocenters. The van der Waals surface area contributed by atoms with Gasteiger partial charge in [-0.1, -0.05) is 13.8 Å². The molecule has 1 fully saturated rings. The van der Waals surface area contributed by atoms with Crippen LogP contribution in [0.1, 0.15) is 33.1 Å². The number of hydrogen-bond donors (Lipinski definition) is 0. The first-order valence-corrected chi connectivity index (χ1v) is 5.94. The molecule has 0 amide bonds. The molecule has 1 saturated carbocycles. The monoisotopic (exact) mass is 190 g/mol. The Morgan fingerprint density at radius 3 is 2.00 bits per heavy atom. The summed E-state index contributed by atoms with van der Waals surface area (Å²) in [6, 6.07) is 0. The SMILES string of the molecule is CC(C)CC1CC(P)C(P)C1. The van der Waals surface area contributed by atoms with Gasteiger partial charge in [0.25, 0.3) is 0 Å². The molecule has 1 rings (SSSR count). The van der Waals surface area contributed by atoms with Crippen molar-refractivity contribution in [3.8, 4) is 0 Å². The molecule has 0 aromatic heterocycles. The van der Waals surface area contributed by atoms with Crippen LogP contribution in [0, 0.1) is 11.8 Å². The van der Waals surface area contributed by atoms with Gasteiger partial charge in [0.15, 0.2) is 0 Å². The smallest absolute Gasteiger partial charge is 0.0198 e. The molecule has 4 unspecified atom stereocenters. The van der Waals surface area contributed by atoms with Crippen molar-refractivity contribution in [2.45, 2.75) is 44.4 Å². The Balaban J connectivity index is 2.29.